The van der Waals surface area contributed by atoms with E-state index in [9.17, 15) is 14.4 Å². The second-order valence-corrected chi connectivity index (χ2v) is 4.41. The molecule has 0 aliphatic rings. The minimum absolute atomic E-state index is 0.0435. The summed E-state index contributed by atoms with van der Waals surface area (Å²) < 4.78 is 13.7. The molecule has 0 aromatic rings. The van der Waals surface area contributed by atoms with Gasteiger partial charge in [0.2, 0.25) is 0 Å². The van der Waals surface area contributed by atoms with Gasteiger partial charge in [0.25, 0.3) is 0 Å². The molecule has 0 unspecified atom stereocenters. The topological polar surface area (TPSA) is 78.9 Å². The molecule has 18 heavy (non-hydrogen) atoms. The zero-order valence-corrected chi connectivity index (χ0v) is 10.9. The Morgan fingerprint density at radius 2 is 1.67 bits per heavy atom. The Bertz CT molecular complexity index is 326. The van der Waals surface area contributed by atoms with E-state index in [-0.39, 0.29) is 19.4 Å². The fourth-order valence-electron chi connectivity index (χ4n) is 0.897. The van der Waals surface area contributed by atoms with Gasteiger partial charge in [0, 0.05) is 0 Å². The maximum atomic E-state index is 11.3. The molecule has 6 heteroatoms. The maximum Gasteiger partial charge on any atom is 0.516 e. The van der Waals surface area contributed by atoms with Crippen molar-refractivity contribution < 1.29 is 28.6 Å². The van der Waals surface area contributed by atoms with Crippen molar-refractivity contribution in [2.45, 2.75) is 39.2 Å². The average Bonchev–Trinajstić information content (AvgIpc) is 2.21. The smallest absolute Gasteiger partial charge is 0.460 e. The molecule has 0 amide bonds. The molecule has 0 saturated heterocycles. The lowest BCUT2D eigenvalue weighted by Crippen LogP contribution is -2.24. The molecule has 0 bridgehead atoms. The van der Waals surface area contributed by atoms with Crippen molar-refractivity contribution in [3.05, 3.63) is 12.7 Å². The predicted octanol–water partition coefficient (Wildman–Crippen LogP) is 1.97. The SMILES string of the molecule is C=CCOC(=O)OC(=O)CCC(=O)OC(C)(C)C. The van der Waals surface area contributed by atoms with E-state index >= 15 is 0 Å². The number of ether oxygens (including phenoxy) is 3. The highest BCUT2D eigenvalue weighted by Crippen LogP contribution is 2.09. The minimum atomic E-state index is -1.11. The van der Waals surface area contributed by atoms with Gasteiger partial charge in [0.1, 0.15) is 12.2 Å². The van der Waals surface area contributed by atoms with E-state index in [0.29, 0.717) is 0 Å². The lowest BCUT2D eigenvalue weighted by Gasteiger charge is -2.19. The third kappa shape index (κ3) is 9.38. The van der Waals surface area contributed by atoms with Gasteiger partial charge in [-0.15, -0.1) is 0 Å². The lowest BCUT2D eigenvalue weighted by atomic mass is 10.2. The van der Waals surface area contributed by atoms with Crippen LogP contribution >= 0.6 is 0 Å². The highest BCUT2D eigenvalue weighted by atomic mass is 16.7. The van der Waals surface area contributed by atoms with Gasteiger partial charge in [-0.1, -0.05) is 12.7 Å². The zero-order chi connectivity index (χ0) is 14.2. The maximum absolute atomic E-state index is 11.3. The molecule has 0 aliphatic heterocycles. The third-order valence-electron chi connectivity index (χ3n) is 1.47. The molecule has 0 radical (unpaired) electrons. The zero-order valence-electron chi connectivity index (χ0n) is 10.9. The van der Waals surface area contributed by atoms with Crippen molar-refractivity contribution >= 4 is 18.1 Å². The summed E-state index contributed by atoms with van der Waals surface area (Å²) in [5.41, 5.74) is -0.607. The van der Waals surface area contributed by atoms with Crippen molar-refractivity contribution in [3.63, 3.8) is 0 Å². The Labute approximate surface area is 106 Å². The van der Waals surface area contributed by atoms with Crippen LogP contribution in [0.4, 0.5) is 4.79 Å². The normalized spacial score (nSPS) is 10.4. The molecule has 0 aromatic carbocycles. The second kappa shape index (κ2) is 7.47. The summed E-state index contributed by atoms with van der Waals surface area (Å²) in [6, 6.07) is 0. The molecule has 0 spiro atoms. The van der Waals surface area contributed by atoms with Crippen molar-refractivity contribution in [3.8, 4) is 0 Å². The molecular formula is C12H18O6. The first-order valence-electron chi connectivity index (χ1n) is 5.45. The Kier molecular flexibility index (Phi) is 6.70. The van der Waals surface area contributed by atoms with E-state index < -0.39 is 23.7 Å². The van der Waals surface area contributed by atoms with Crippen LogP contribution in [0.2, 0.25) is 0 Å². The molecule has 102 valence electrons. The van der Waals surface area contributed by atoms with Crippen LogP contribution in [0.5, 0.6) is 0 Å². The monoisotopic (exact) mass is 258 g/mol. The fraction of sp³-hybridized carbons (Fsp3) is 0.583. The van der Waals surface area contributed by atoms with Crippen LogP contribution in [-0.4, -0.2) is 30.3 Å². The van der Waals surface area contributed by atoms with E-state index in [2.05, 4.69) is 16.1 Å². The number of carbonyl (C=O) groups excluding carboxylic acids is 3. The molecule has 6 nitrogen and oxygen atoms in total. The molecule has 0 atom stereocenters. The fourth-order valence-corrected chi connectivity index (χ4v) is 0.897. The number of rotatable bonds is 5. The third-order valence-corrected chi connectivity index (χ3v) is 1.47. The first-order chi connectivity index (χ1) is 8.24. The second-order valence-electron chi connectivity index (χ2n) is 4.41. The summed E-state index contributed by atoms with van der Waals surface area (Å²) >= 11 is 0. The van der Waals surface area contributed by atoms with Gasteiger partial charge in [-0.3, -0.25) is 9.59 Å². The van der Waals surface area contributed by atoms with Crippen LogP contribution in [0.1, 0.15) is 33.6 Å². The van der Waals surface area contributed by atoms with Gasteiger partial charge >= 0.3 is 18.1 Å². The Hall–Kier alpha value is -1.85. The van der Waals surface area contributed by atoms with E-state index in [1.165, 1.54) is 6.08 Å². The van der Waals surface area contributed by atoms with E-state index in [0.717, 1.165) is 0 Å². The van der Waals surface area contributed by atoms with Crippen molar-refractivity contribution in [2.75, 3.05) is 6.61 Å². The summed E-state index contributed by atoms with van der Waals surface area (Å²) in [5.74, 6) is -1.37. The molecule has 0 fully saturated rings. The van der Waals surface area contributed by atoms with Gasteiger partial charge < -0.3 is 14.2 Å². The van der Waals surface area contributed by atoms with Gasteiger partial charge in [-0.25, -0.2) is 4.79 Å². The molecule has 0 aromatic heterocycles. The van der Waals surface area contributed by atoms with Crippen LogP contribution in [0.15, 0.2) is 12.7 Å². The van der Waals surface area contributed by atoms with E-state index in [1.54, 1.807) is 20.8 Å². The summed E-state index contributed by atoms with van der Waals surface area (Å²) in [5, 5.41) is 0. The van der Waals surface area contributed by atoms with Gasteiger partial charge in [-0.05, 0) is 20.8 Å². The van der Waals surface area contributed by atoms with Crippen LogP contribution in [-0.2, 0) is 23.8 Å². The summed E-state index contributed by atoms with van der Waals surface area (Å²) in [7, 11) is 0. The molecule has 0 aliphatic carbocycles. The first-order valence-corrected chi connectivity index (χ1v) is 5.45. The standard InChI is InChI=1S/C12H18O6/c1-5-8-16-11(15)17-9(13)6-7-10(14)18-12(2,3)4/h5H,1,6-8H2,2-4H3. The van der Waals surface area contributed by atoms with Gasteiger partial charge in [0.15, 0.2) is 0 Å². The van der Waals surface area contributed by atoms with E-state index in [4.69, 9.17) is 4.74 Å². The Morgan fingerprint density at radius 3 is 2.17 bits per heavy atom. The van der Waals surface area contributed by atoms with Crippen molar-refractivity contribution in [1.29, 1.82) is 0 Å². The van der Waals surface area contributed by atoms with Crippen molar-refractivity contribution in [1.82, 2.24) is 0 Å². The number of hydrogen-bond acceptors (Lipinski definition) is 6. The van der Waals surface area contributed by atoms with Crippen LogP contribution in [0.25, 0.3) is 0 Å². The summed E-state index contributed by atoms with van der Waals surface area (Å²) in [6.45, 7) is 8.44. The van der Waals surface area contributed by atoms with E-state index in [1.807, 2.05) is 0 Å². The Morgan fingerprint density at radius 1 is 1.11 bits per heavy atom. The number of hydrogen-bond donors (Lipinski definition) is 0. The quantitative estimate of drug-likeness (QED) is 0.426. The molecule has 0 rings (SSSR count). The molecular weight excluding hydrogens is 240 g/mol. The average molecular weight is 258 g/mol. The summed E-state index contributed by atoms with van der Waals surface area (Å²) in [6.07, 6.45) is -0.154. The highest BCUT2D eigenvalue weighted by molar-refractivity contribution is 5.84. The number of esters is 2. The molecule has 0 heterocycles. The van der Waals surface area contributed by atoms with Crippen LogP contribution in [0.3, 0.4) is 0 Å². The van der Waals surface area contributed by atoms with Gasteiger partial charge in [0.05, 0.1) is 12.8 Å². The van der Waals surface area contributed by atoms with Crippen LogP contribution < -0.4 is 0 Å². The highest BCUT2D eigenvalue weighted by Gasteiger charge is 2.18. The summed E-state index contributed by atoms with van der Waals surface area (Å²) in [4.78, 5) is 33.2. The molecule has 0 N–H and O–H groups in total. The predicted molar refractivity (Wildman–Crippen MR) is 62.7 cm³/mol. The van der Waals surface area contributed by atoms with Crippen LogP contribution in [0, 0.1) is 0 Å². The van der Waals surface area contributed by atoms with Gasteiger partial charge in [-0.2, -0.15) is 0 Å². The largest absolute Gasteiger partial charge is 0.516 e. The minimum Gasteiger partial charge on any atom is -0.460 e. The lowest BCUT2D eigenvalue weighted by molar-refractivity contribution is -0.157. The Balaban J connectivity index is 3.86. The first kappa shape index (κ1) is 16.1. The number of carbonyl (C=O) groups is 3. The van der Waals surface area contributed by atoms with Crippen molar-refractivity contribution in [2.24, 2.45) is 0 Å². The molecule has 0 saturated carbocycles.